The first-order valence-corrected chi connectivity index (χ1v) is 9.36. The molecule has 0 fully saturated rings. The maximum atomic E-state index is 13.5. The maximum absolute atomic E-state index is 13.5. The highest BCUT2D eigenvalue weighted by Crippen LogP contribution is 2.32. The van der Waals surface area contributed by atoms with Crippen LogP contribution in [0.3, 0.4) is 0 Å². The SMILES string of the molecule is Cc1ccc(C2Cn3nnc(-c4noc(-c5cc(F)ccc5Cl)n4)c3CO2)cc1. The van der Waals surface area contributed by atoms with Gasteiger partial charge in [0.25, 0.3) is 5.89 Å². The molecule has 5 rings (SSSR count). The zero-order chi connectivity index (χ0) is 20.0. The van der Waals surface area contributed by atoms with Crippen LogP contribution < -0.4 is 0 Å². The van der Waals surface area contributed by atoms with Crippen LogP contribution in [0.5, 0.6) is 0 Å². The highest BCUT2D eigenvalue weighted by molar-refractivity contribution is 6.33. The fraction of sp³-hybridized carbons (Fsp3) is 0.200. The molecule has 4 aromatic rings. The minimum atomic E-state index is -0.444. The maximum Gasteiger partial charge on any atom is 0.259 e. The Morgan fingerprint density at radius 2 is 2.00 bits per heavy atom. The summed E-state index contributed by atoms with van der Waals surface area (Å²) in [5, 5.41) is 12.7. The smallest absolute Gasteiger partial charge is 0.259 e. The van der Waals surface area contributed by atoms with E-state index in [-0.39, 0.29) is 17.8 Å². The van der Waals surface area contributed by atoms with Crippen LogP contribution in [0.2, 0.25) is 5.02 Å². The first kappa shape index (κ1) is 18.0. The molecule has 0 bridgehead atoms. The first-order valence-electron chi connectivity index (χ1n) is 8.98. The summed E-state index contributed by atoms with van der Waals surface area (Å²) in [4.78, 5) is 4.32. The summed E-state index contributed by atoms with van der Waals surface area (Å²) in [5.41, 5.74) is 3.82. The van der Waals surface area contributed by atoms with Crippen molar-refractivity contribution in [2.75, 3.05) is 0 Å². The lowest BCUT2D eigenvalue weighted by Crippen LogP contribution is -2.22. The van der Waals surface area contributed by atoms with Gasteiger partial charge in [-0.05, 0) is 30.7 Å². The molecule has 146 valence electrons. The van der Waals surface area contributed by atoms with E-state index in [1.165, 1.54) is 23.8 Å². The molecule has 0 spiro atoms. The van der Waals surface area contributed by atoms with Crippen molar-refractivity contribution < 1.29 is 13.7 Å². The number of aromatic nitrogens is 5. The molecule has 1 aliphatic heterocycles. The van der Waals surface area contributed by atoms with Gasteiger partial charge in [-0.15, -0.1) is 5.10 Å². The number of halogens is 2. The van der Waals surface area contributed by atoms with Gasteiger partial charge < -0.3 is 9.26 Å². The molecule has 0 radical (unpaired) electrons. The molecule has 0 N–H and O–H groups in total. The summed E-state index contributed by atoms with van der Waals surface area (Å²) in [5.74, 6) is -0.0831. The Morgan fingerprint density at radius 1 is 1.17 bits per heavy atom. The number of rotatable bonds is 3. The van der Waals surface area contributed by atoms with E-state index >= 15 is 0 Å². The largest absolute Gasteiger partial charge is 0.365 e. The van der Waals surface area contributed by atoms with Gasteiger partial charge in [0.05, 0.1) is 29.4 Å². The van der Waals surface area contributed by atoms with Crippen LogP contribution in [0.4, 0.5) is 4.39 Å². The third-order valence-corrected chi connectivity index (χ3v) is 5.17. The normalized spacial score (nSPS) is 16.0. The number of hydrogen-bond donors (Lipinski definition) is 0. The summed E-state index contributed by atoms with van der Waals surface area (Å²) in [6, 6.07) is 12.2. The van der Waals surface area contributed by atoms with E-state index in [2.05, 4.69) is 44.7 Å². The molecule has 2 aromatic carbocycles. The Morgan fingerprint density at radius 3 is 2.83 bits per heavy atom. The number of benzene rings is 2. The molecule has 9 heteroatoms. The van der Waals surface area contributed by atoms with Crippen molar-refractivity contribution in [3.05, 3.63) is 70.1 Å². The van der Waals surface area contributed by atoms with E-state index in [4.69, 9.17) is 20.9 Å². The number of ether oxygens (including phenoxy) is 1. The minimum absolute atomic E-state index is 0.107. The summed E-state index contributed by atoms with van der Waals surface area (Å²) < 4.78 is 26.6. The molecule has 0 saturated heterocycles. The van der Waals surface area contributed by atoms with Crippen LogP contribution in [0, 0.1) is 12.7 Å². The molecule has 1 aliphatic rings. The average Bonchev–Trinajstić information content (AvgIpc) is 3.36. The summed E-state index contributed by atoms with van der Waals surface area (Å²) >= 11 is 6.12. The van der Waals surface area contributed by atoms with Gasteiger partial charge >= 0.3 is 0 Å². The van der Waals surface area contributed by atoms with Crippen molar-refractivity contribution in [2.45, 2.75) is 26.2 Å². The van der Waals surface area contributed by atoms with E-state index in [0.717, 1.165) is 11.3 Å². The van der Waals surface area contributed by atoms with Crippen LogP contribution in [-0.4, -0.2) is 25.1 Å². The zero-order valence-electron chi connectivity index (χ0n) is 15.3. The molecule has 0 aliphatic carbocycles. The van der Waals surface area contributed by atoms with Crippen molar-refractivity contribution in [2.24, 2.45) is 0 Å². The Labute approximate surface area is 170 Å². The number of fused-ring (bicyclic) bond motifs is 1. The monoisotopic (exact) mass is 411 g/mol. The lowest BCUT2D eigenvalue weighted by atomic mass is 10.1. The molecular weight excluding hydrogens is 397 g/mol. The molecule has 3 heterocycles. The highest BCUT2D eigenvalue weighted by Gasteiger charge is 2.28. The fourth-order valence-corrected chi connectivity index (χ4v) is 3.46. The van der Waals surface area contributed by atoms with E-state index < -0.39 is 5.82 Å². The molecule has 29 heavy (non-hydrogen) atoms. The van der Waals surface area contributed by atoms with Crippen molar-refractivity contribution in [3.63, 3.8) is 0 Å². The standard InChI is InChI=1S/C20H15ClFN5O2/c1-11-2-4-12(5-3-11)17-9-27-16(10-28-17)18(24-26-27)19-23-20(29-25-19)14-8-13(22)6-7-15(14)21/h2-8,17H,9-10H2,1H3. The van der Waals surface area contributed by atoms with Crippen LogP contribution in [0.1, 0.15) is 22.9 Å². The van der Waals surface area contributed by atoms with Crippen molar-refractivity contribution in [1.29, 1.82) is 0 Å². The second-order valence-corrected chi connectivity index (χ2v) is 7.23. The van der Waals surface area contributed by atoms with Gasteiger partial charge in [-0.2, -0.15) is 4.98 Å². The predicted octanol–water partition coefficient (Wildman–Crippen LogP) is 4.37. The summed E-state index contributed by atoms with van der Waals surface area (Å²) in [6.07, 6.45) is -0.107. The fourth-order valence-electron chi connectivity index (χ4n) is 3.26. The van der Waals surface area contributed by atoms with Gasteiger partial charge in [-0.3, -0.25) is 0 Å². The van der Waals surface area contributed by atoms with Crippen molar-refractivity contribution in [1.82, 2.24) is 25.1 Å². The number of hydrogen-bond acceptors (Lipinski definition) is 6. The van der Waals surface area contributed by atoms with E-state index in [9.17, 15) is 4.39 Å². The van der Waals surface area contributed by atoms with Gasteiger partial charge in [0.2, 0.25) is 5.82 Å². The molecule has 2 aromatic heterocycles. The van der Waals surface area contributed by atoms with Crippen LogP contribution in [-0.2, 0) is 17.9 Å². The third kappa shape index (κ3) is 3.30. The molecule has 1 unspecified atom stereocenters. The van der Waals surface area contributed by atoms with Gasteiger partial charge in [0, 0.05) is 0 Å². The second-order valence-electron chi connectivity index (χ2n) is 6.82. The van der Waals surface area contributed by atoms with E-state index in [0.29, 0.717) is 29.4 Å². The van der Waals surface area contributed by atoms with E-state index in [1.807, 2.05) is 6.92 Å². The zero-order valence-corrected chi connectivity index (χ0v) is 16.1. The molecule has 0 amide bonds. The van der Waals surface area contributed by atoms with Crippen molar-refractivity contribution in [3.8, 4) is 23.0 Å². The summed E-state index contributed by atoms with van der Waals surface area (Å²) in [7, 11) is 0. The van der Waals surface area contributed by atoms with Crippen LogP contribution in [0.25, 0.3) is 23.0 Å². The summed E-state index contributed by atoms with van der Waals surface area (Å²) in [6.45, 7) is 2.89. The Balaban J connectivity index is 1.43. The molecule has 0 saturated carbocycles. The quantitative estimate of drug-likeness (QED) is 0.498. The second kappa shape index (κ2) is 7.06. The third-order valence-electron chi connectivity index (χ3n) is 4.84. The van der Waals surface area contributed by atoms with Crippen molar-refractivity contribution >= 4 is 11.6 Å². The minimum Gasteiger partial charge on any atom is -0.365 e. The lowest BCUT2D eigenvalue weighted by molar-refractivity contribution is -0.00112. The highest BCUT2D eigenvalue weighted by atomic mass is 35.5. The van der Waals surface area contributed by atoms with E-state index in [1.54, 1.807) is 4.68 Å². The molecule has 1 atom stereocenters. The molecule has 7 nitrogen and oxygen atoms in total. The van der Waals surface area contributed by atoms with Gasteiger partial charge in [0.15, 0.2) is 5.69 Å². The Hall–Kier alpha value is -3.10. The van der Waals surface area contributed by atoms with Gasteiger partial charge in [0.1, 0.15) is 11.9 Å². The topological polar surface area (TPSA) is 78.9 Å². The number of nitrogens with zero attached hydrogens (tertiary/aromatic N) is 5. The van der Waals surface area contributed by atoms with Gasteiger partial charge in [-0.25, -0.2) is 9.07 Å². The van der Waals surface area contributed by atoms with Crippen LogP contribution >= 0.6 is 11.6 Å². The first-order chi connectivity index (χ1) is 14.1. The lowest BCUT2D eigenvalue weighted by Gasteiger charge is -2.24. The molecular formula is C20H15ClFN5O2. The predicted molar refractivity (Wildman–Crippen MR) is 102 cm³/mol. The number of aryl methyl sites for hydroxylation is 1. The Kier molecular flexibility index (Phi) is 4.37. The Bertz CT molecular complexity index is 1190. The van der Waals surface area contributed by atoms with Crippen LogP contribution in [0.15, 0.2) is 47.0 Å². The average molecular weight is 412 g/mol. The van der Waals surface area contributed by atoms with Gasteiger partial charge in [-0.1, -0.05) is 51.8 Å².